The van der Waals surface area contributed by atoms with Crippen molar-refractivity contribution < 1.29 is 9.59 Å². The Kier molecular flexibility index (Phi) is 4.27. The van der Waals surface area contributed by atoms with Crippen LogP contribution in [0.15, 0.2) is 24.3 Å². The zero-order valence-electron chi connectivity index (χ0n) is 12.9. The molecule has 3 rings (SSSR count). The van der Waals surface area contributed by atoms with Gasteiger partial charge in [-0.15, -0.1) is 0 Å². The highest BCUT2D eigenvalue weighted by Crippen LogP contribution is 2.23. The Morgan fingerprint density at radius 3 is 2.77 bits per heavy atom. The molecule has 4 nitrogen and oxygen atoms in total. The summed E-state index contributed by atoms with van der Waals surface area (Å²) in [7, 11) is 0. The summed E-state index contributed by atoms with van der Waals surface area (Å²) in [5, 5.41) is 4.27. The van der Waals surface area contributed by atoms with E-state index in [4.69, 9.17) is 0 Å². The summed E-state index contributed by atoms with van der Waals surface area (Å²) in [6.45, 7) is 2.72. The molecule has 0 unspecified atom stereocenters. The highest BCUT2D eigenvalue weighted by atomic mass is 16.2. The number of H-pyrrole nitrogens is 1. The van der Waals surface area contributed by atoms with Crippen molar-refractivity contribution in [2.75, 3.05) is 6.54 Å². The van der Waals surface area contributed by atoms with E-state index in [9.17, 15) is 9.59 Å². The van der Waals surface area contributed by atoms with Crippen LogP contribution in [0.4, 0.5) is 0 Å². The van der Waals surface area contributed by atoms with Crippen LogP contribution >= 0.6 is 0 Å². The number of para-hydroxylation sites is 1. The maximum Gasteiger partial charge on any atom is 0.223 e. The van der Waals surface area contributed by atoms with Crippen LogP contribution in [0.25, 0.3) is 10.9 Å². The Balaban J connectivity index is 1.57. The SMILES string of the molecule is Cc1[nH]c2ccccc2c1CCNC(=O)C1CCC(=O)CC1. The largest absolute Gasteiger partial charge is 0.358 e. The molecule has 0 bridgehead atoms. The van der Waals surface area contributed by atoms with E-state index in [0.717, 1.165) is 11.9 Å². The van der Waals surface area contributed by atoms with Gasteiger partial charge in [-0.3, -0.25) is 9.59 Å². The number of hydrogen-bond donors (Lipinski definition) is 2. The van der Waals surface area contributed by atoms with Gasteiger partial charge in [-0.05, 0) is 37.8 Å². The number of amides is 1. The second kappa shape index (κ2) is 6.34. The molecule has 1 aliphatic rings. The number of aromatic nitrogens is 1. The van der Waals surface area contributed by atoms with E-state index in [1.54, 1.807) is 0 Å². The Bertz CT molecular complexity index is 692. The van der Waals surface area contributed by atoms with E-state index in [-0.39, 0.29) is 11.8 Å². The molecule has 1 aromatic heterocycles. The van der Waals surface area contributed by atoms with E-state index in [1.807, 2.05) is 12.1 Å². The van der Waals surface area contributed by atoms with Crippen LogP contribution in [0, 0.1) is 12.8 Å². The molecule has 22 heavy (non-hydrogen) atoms. The molecule has 0 aliphatic heterocycles. The van der Waals surface area contributed by atoms with Gasteiger partial charge < -0.3 is 10.3 Å². The zero-order valence-corrected chi connectivity index (χ0v) is 12.9. The molecular weight excluding hydrogens is 276 g/mol. The van der Waals surface area contributed by atoms with Gasteiger partial charge in [-0.25, -0.2) is 0 Å². The van der Waals surface area contributed by atoms with Gasteiger partial charge in [-0.1, -0.05) is 18.2 Å². The first-order valence-electron chi connectivity index (χ1n) is 8.00. The first-order chi connectivity index (χ1) is 10.6. The van der Waals surface area contributed by atoms with Crippen LogP contribution < -0.4 is 5.32 Å². The summed E-state index contributed by atoms with van der Waals surface area (Å²) in [6.07, 6.45) is 3.35. The summed E-state index contributed by atoms with van der Waals surface area (Å²) in [6, 6.07) is 8.25. The topological polar surface area (TPSA) is 62.0 Å². The van der Waals surface area contributed by atoms with Gasteiger partial charge >= 0.3 is 0 Å². The number of nitrogens with one attached hydrogen (secondary N) is 2. The smallest absolute Gasteiger partial charge is 0.223 e. The average Bonchev–Trinajstić information content (AvgIpc) is 2.84. The first kappa shape index (κ1) is 14.8. The molecule has 0 spiro atoms. The van der Waals surface area contributed by atoms with E-state index in [1.165, 1.54) is 16.6 Å². The highest BCUT2D eigenvalue weighted by Gasteiger charge is 2.24. The minimum absolute atomic E-state index is 0.0155. The summed E-state index contributed by atoms with van der Waals surface area (Å²) in [4.78, 5) is 26.8. The van der Waals surface area contributed by atoms with Gasteiger partial charge in [0.15, 0.2) is 0 Å². The fourth-order valence-corrected chi connectivity index (χ4v) is 3.31. The monoisotopic (exact) mass is 298 g/mol. The third-order valence-corrected chi connectivity index (χ3v) is 4.62. The van der Waals surface area contributed by atoms with Crippen molar-refractivity contribution in [3.05, 3.63) is 35.5 Å². The molecule has 1 aromatic carbocycles. The van der Waals surface area contributed by atoms with Crippen LogP contribution in [0.2, 0.25) is 0 Å². The first-order valence-corrected chi connectivity index (χ1v) is 8.00. The van der Waals surface area contributed by atoms with Gasteiger partial charge in [0.1, 0.15) is 5.78 Å². The van der Waals surface area contributed by atoms with E-state index >= 15 is 0 Å². The summed E-state index contributed by atoms with van der Waals surface area (Å²) in [5.41, 5.74) is 3.58. The Morgan fingerprint density at radius 2 is 2.00 bits per heavy atom. The number of benzene rings is 1. The number of ketones is 1. The number of rotatable bonds is 4. The lowest BCUT2D eigenvalue weighted by Crippen LogP contribution is -2.34. The molecule has 1 heterocycles. The normalized spacial score (nSPS) is 16.1. The van der Waals surface area contributed by atoms with Gasteiger partial charge in [0.2, 0.25) is 5.91 Å². The fourth-order valence-electron chi connectivity index (χ4n) is 3.31. The zero-order chi connectivity index (χ0) is 15.5. The lowest BCUT2D eigenvalue weighted by atomic mass is 9.88. The number of carbonyl (C=O) groups excluding carboxylic acids is 2. The number of Topliss-reactive ketones (excluding diaryl/α,β-unsaturated/α-hetero) is 1. The predicted octanol–water partition coefficient (Wildman–Crippen LogP) is 2.89. The van der Waals surface area contributed by atoms with E-state index in [2.05, 4.69) is 29.4 Å². The molecule has 1 fully saturated rings. The van der Waals surface area contributed by atoms with Gasteiger partial charge in [-0.2, -0.15) is 0 Å². The molecule has 116 valence electrons. The quantitative estimate of drug-likeness (QED) is 0.911. The van der Waals surface area contributed by atoms with Crippen molar-refractivity contribution in [1.82, 2.24) is 10.3 Å². The molecule has 1 amide bonds. The fraction of sp³-hybridized carbons (Fsp3) is 0.444. The van der Waals surface area contributed by atoms with Crippen LogP contribution in [0.3, 0.4) is 0 Å². The maximum absolute atomic E-state index is 12.2. The molecule has 4 heteroatoms. The van der Waals surface area contributed by atoms with E-state index < -0.39 is 0 Å². The minimum atomic E-state index is 0.0155. The molecule has 1 saturated carbocycles. The second-order valence-corrected chi connectivity index (χ2v) is 6.13. The molecule has 1 aliphatic carbocycles. The number of carbonyl (C=O) groups is 2. The Morgan fingerprint density at radius 1 is 1.27 bits per heavy atom. The standard InChI is InChI=1S/C18H22N2O2/c1-12-15(16-4-2-3-5-17(16)20-12)10-11-19-18(22)13-6-8-14(21)9-7-13/h2-5,13,20H,6-11H2,1H3,(H,19,22). The molecule has 2 aromatic rings. The third kappa shape index (κ3) is 3.06. The second-order valence-electron chi connectivity index (χ2n) is 6.13. The van der Waals surface area contributed by atoms with Crippen molar-refractivity contribution in [2.24, 2.45) is 5.92 Å². The van der Waals surface area contributed by atoms with Crippen LogP contribution in [-0.4, -0.2) is 23.2 Å². The molecule has 0 atom stereocenters. The lowest BCUT2D eigenvalue weighted by Gasteiger charge is -2.20. The van der Waals surface area contributed by atoms with Crippen molar-refractivity contribution in [3.63, 3.8) is 0 Å². The molecule has 0 saturated heterocycles. The van der Waals surface area contributed by atoms with Gasteiger partial charge in [0.25, 0.3) is 0 Å². The van der Waals surface area contributed by atoms with Gasteiger partial charge in [0.05, 0.1) is 0 Å². The van der Waals surface area contributed by atoms with Crippen LogP contribution in [0.5, 0.6) is 0 Å². The van der Waals surface area contributed by atoms with Gasteiger partial charge in [0, 0.05) is 41.9 Å². The molecule has 0 radical (unpaired) electrons. The number of hydrogen-bond acceptors (Lipinski definition) is 2. The van der Waals surface area contributed by atoms with Crippen molar-refractivity contribution in [3.8, 4) is 0 Å². The minimum Gasteiger partial charge on any atom is -0.358 e. The Hall–Kier alpha value is -2.10. The van der Waals surface area contributed by atoms with Crippen molar-refractivity contribution in [2.45, 2.75) is 39.0 Å². The average molecular weight is 298 g/mol. The number of aryl methyl sites for hydroxylation is 1. The van der Waals surface area contributed by atoms with Crippen LogP contribution in [0.1, 0.15) is 36.9 Å². The summed E-state index contributed by atoms with van der Waals surface area (Å²) < 4.78 is 0. The lowest BCUT2D eigenvalue weighted by molar-refractivity contribution is -0.128. The summed E-state index contributed by atoms with van der Waals surface area (Å²) >= 11 is 0. The Labute approximate surface area is 130 Å². The predicted molar refractivity (Wildman–Crippen MR) is 86.7 cm³/mol. The van der Waals surface area contributed by atoms with Crippen LogP contribution in [-0.2, 0) is 16.0 Å². The molecule has 2 N–H and O–H groups in total. The maximum atomic E-state index is 12.2. The van der Waals surface area contributed by atoms with Crippen molar-refractivity contribution in [1.29, 1.82) is 0 Å². The molecular formula is C18H22N2O2. The highest BCUT2D eigenvalue weighted by molar-refractivity contribution is 5.85. The van der Waals surface area contributed by atoms with Crippen molar-refractivity contribution >= 4 is 22.6 Å². The number of fused-ring (bicyclic) bond motifs is 1. The van der Waals surface area contributed by atoms with E-state index in [0.29, 0.717) is 38.0 Å². The summed E-state index contributed by atoms with van der Waals surface area (Å²) in [5.74, 6) is 0.408. The third-order valence-electron chi connectivity index (χ3n) is 4.62. The number of aromatic amines is 1.